The normalized spacial score (nSPS) is 14.8. The zero-order valence-corrected chi connectivity index (χ0v) is 14.3. The van der Waals surface area contributed by atoms with Crippen LogP contribution in [0.1, 0.15) is 44.2 Å². The number of amides is 2. The number of anilines is 1. The third-order valence-corrected chi connectivity index (χ3v) is 4.26. The van der Waals surface area contributed by atoms with Gasteiger partial charge in [0.1, 0.15) is 12.7 Å². The van der Waals surface area contributed by atoms with E-state index in [-0.39, 0.29) is 23.8 Å². The van der Waals surface area contributed by atoms with E-state index in [1.165, 1.54) is 6.33 Å². The summed E-state index contributed by atoms with van der Waals surface area (Å²) in [5, 5.41) is 9.91. The molecule has 132 valence electrons. The first-order chi connectivity index (χ1) is 12.1. The van der Waals surface area contributed by atoms with Crippen molar-refractivity contribution in [2.45, 2.75) is 45.2 Å². The number of hydrogen-bond acceptors (Lipinski definition) is 4. The van der Waals surface area contributed by atoms with E-state index in [0.29, 0.717) is 19.4 Å². The van der Waals surface area contributed by atoms with Gasteiger partial charge in [-0.2, -0.15) is 5.10 Å². The molecule has 1 aromatic carbocycles. The predicted molar refractivity (Wildman–Crippen MR) is 93.6 cm³/mol. The van der Waals surface area contributed by atoms with Gasteiger partial charge in [0.2, 0.25) is 11.8 Å². The van der Waals surface area contributed by atoms with Crippen LogP contribution in [-0.4, -0.2) is 26.6 Å². The van der Waals surface area contributed by atoms with Crippen molar-refractivity contribution in [1.29, 1.82) is 0 Å². The molecule has 0 spiro atoms. The second-order valence-corrected chi connectivity index (χ2v) is 6.44. The van der Waals surface area contributed by atoms with Crippen molar-refractivity contribution in [3.05, 3.63) is 42.5 Å². The summed E-state index contributed by atoms with van der Waals surface area (Å²) in [4.78, 5) is 27.7. The molecule has 7 heteroatoms. The highest BCUT2D eigenvalue weighted by Gasteiger charge is 2.29. The lowest BCUT2D eigenvalue weighted by molar-refractivity contribution is -0.122. The predicted octanol–water partition coefficient (Wildman–Crippen LogP) is 2.28. The molecule has 2 N–H and O–H groups in total. The van der Waals surface area contributed by atoms with Crippen molar-refractivity contribution in [3.8, 4) is 0 Å². The molecule has 1 aliphatic carbocycles. The highest BCUT2D eigenvalue weighted by Crippen LogP contribution is 2.30. The van der Waals surface area contributed by atoms with Crippen molar-refractivity contribution in [1.82, 2.24) is 20.1 Å². The summed E-state index contributed by atoms with van der Waals surface area (Å²) in [5.74, 6) is 0.302. The lowest BCUT2D eigenvalue weighted by Crippen LogP contribution is -2.26. The van der Waals surface area contributed by atoms with E-state index in [0.717, 1.165) is 24.1 Å². The molecule has 25 heavy (non-hydrogen) atoms. The molecule has 0 saturated heterocycles. The summed E-state index contributed by atoms with van der Waals surface area (Å²) in [6.45, 7) is 2.63. The maximum Gasteiger partial charge on any atom is 0.227 e. The van der Waals surface area contributed by atoms with Gasteiger partial charge in [-0.15, -0.1) is 0 Å². The molecule has 1 aliphatic rings. The standard InChI is InChI=1S/C18H23N5O2/c1-13(21-17(24)3-2-10-23-12-19-11-20-23)14-6-8-16(9-7-14)22-18(25)15-4-5-15/h6-9,11-13,15H,2-5,10H2,1H3,(H,21,24)(H,22,25). The summed E-state index contributed by atoms with van der Waals surface area (Å²) >= 11 is 0. The summed E-state index contributed by atoms with van der Waals surface area (Å²) in [6.07, 6.45) is 6.27. The Morgan fingerprint density at radius 3 is 2.68 bits per heavy atom. The molecule has 0 bridgehead atoms. The quantitative estimate of drug-likeness (QED) is 0.771. The number of nitrogens with one attached hydrogen (secondary N) is 2. The first-order valence-corrected chi connectivity index (χ1v) is 8.64. The van der Waals surface area contributed by atoms with Crippen molar-refractivity contribution in [2.24, 2.45) is 5.92 Å². The third-order valence-electron chi connectivity index (χ3n) is 4.26. The molecule has 1 unspecified atom stereocenters. The van der Waals surface area contributed by atoms with E-state index in [1.54, 1.807) is 11.0 Å². The smallest absolute Gasteiger partial charge is 0.227 e. The van der Waals surface area contributed by atoms with Gasteiger partial charge in [0.25, 0.3) is 0 Å². The number of rotatable bonds is 8. The first kappa shape index (κ1) is 17.1. The van der Waals surface area contributed by atoms with Gasteiger partial charge in [-0.3, -0.25) is 14.3 Å². The minimum atomic E-state index is -0.0768. The van der Waals surface area contributed by atoms with Crippen molar-refractivity contribution in [2.75, 3.05) is 5.32 Å². The SMILES string of the molecule is CC(NC(=O)CCCn1cncn1)c1ccc(NC(=O)C2CC2)cc1. The van der Waals surface area contributed by atoms with Crippen LogP contribution in [0.2, 0.25) is 0 Å². The third kappa shape index (κ3) is 5.14. The van der Waals surface area contributed by atoms with Crippen LogP contribution in [0.3, 0.4) is 0 Å². The molecule has 7 nitrogen and oxygen atoms in total. The maximum atomic E-state index is 12.0. The highest BCUT2D eigenvalue weighted by molar-refractivity contribution is 5.94. The Balaban J connectivity index is 1.42. The van der Waals surface area contributed by atoms with Gasteiger partial charge in [-0.05, 0) is 43.9 Å². The number of hydrogen-bond donors (Lipinski definition) is 2. The molecule has 3 rings (SSSR count). The van der Waals surface area contributed by atoms with E-state index >= 15 is 0 Å². The number of nitrogens with zero attached hydrogens (tertiary/aromatic N) is 3. The van der Waals surface area contributed by atoms with Crippen LogP contribution in [0.4, 0.5) is 5.69 Å². The Morgan fingerprint density at radius 1 is 1.28 bits per heavy atom. The number of aryl methyl sites for hydroxylation is 1. The molecule has 1 atom stereocenters. The molecule has 1 heterocycles. The lowest BCUT2D eigenvalue weighted by Gasteiger charge is -2.15. The van der Waals surface area contributed by atoms with E-state index < -0.39 is 0 Å². The summed E-state index contributed by atoms with van der Waals surface area (Å²) in [6, 6.07) is 7.55. The Bertz CT molecular complexity index is 708. The van der Waals surface area contributed by atoms with Gasteiger partial charge in [0.05, 0.1) is 6.04 Å². The van der Waals surface area contributed by atoms with E-state index in [4.69, 9.17) is 0 Å². The van der Waals surface area contributed by atoms with Gasteiger partial charge < -0.3 is 10.6 Å². The largest absolute Gasteiger partial charge is 0.350 e. The van der Waals surface area contributed by atoms with Gasteiger partial charge in [0, 0.05) is 24.6 Å². The van der Waals surface area contributed by atoms with Crippen LogP contribution in [0, 0.1) is 5.92 Å². The molecule has 2 amide bonds. The topological polar surface area (TPSA) is 88.9 Å². The second kappa shape index (κ2) is 7.92. The van der Waals surface area contributed by atoms with Gasteiger partial charge in [-0.25, -0.2) is 4.98 Å². The van der Waals surface area contributed by atoms with E-state index in [2.05, 4.69) is 20.7 Å². The molecular weight excluding hydrogens is 318 g/mol. The molecule has 1 saturated carbocycles. The number of aromatic nitrogens is 3. The van der Waals surface area contributed by atoms with Crippen LogP contribution in [0.5, 0.6) is 0 Å². The molecular formula is C18H23N5O2. The Kier molecular flexibility index (Phi) is 5.42. The van der Waals surface area contributed by atoms with Crippen LogP contribution < -0.4 is 10.6 Å². The van der Waals surface area contributed by atoms with Crippen LogP contribution >= 0.6 is 0 Å². The van der Waals surface area contributed by atoms with Crippen LogP contribution in [0.15, 0.2) is 36.9 Å². The van der Waals surface area contributed by atoms with E-state index in [1.807, 2.05) is 31.2 Å². The molecule has 0 radical (unpaired) electrons. The highest BCUT2D eigenvalue weighted by atomic mass is 16.2. The minimum Gasteiger partial charge on any atom is -0.350 e. The Morgan fingerprint density at radius 2 is 2.04 bits per heavy atom. The molecule has 1 aromatic heterocycles. The second-order valence-electron chi connectivity index (χ2n) is 6.44. The van der Waals surface area contributed by atoms with E-state index in [9.17, 15) is 9.59 Å². The van der Waals surface area contributed by atoms with Crippen molar-refractivity contribution < 1.29 is 9.59 Å². The van der Waals surface area contributed by atoms with Gasteiger partial charge >= 0.3 is 0 Å². The fraction of sp³-hybridized carbons (Fsp3) is 0.444. The van der Waals surface area contributed by atoms with Crippen LogP contribution in [-0.2, 0) is 16.1 Å². The fourth-order valence-corrected chi connectivity index (χ4v) is 2.59. The lowest BCUT2D eigenvalue weighted by atomic mass is 10.1. The summed E-state index contributed by atoms with van der Waals surface area (Å²) in [7, 11) is 0. The average molecular weight is 341 g/mol. The average Bonchev–Trinajstić information content (AvgIpc) is 3.33. The number of carbonyl (C=O) groups is 2. The number of carbonyl (C=O) groups excluding carboxylic acids is 2. The first-order valence-electron chi connectivity index (χ1n) is 8.64. The fourth-order valence-electron chi connectivity index (χ4n) is 2.59. The van der Waals surface area contributed by atoms with Crippen molar-refractivity contribution >= 4 is 17.5 Å². The molecule has 1 fully saturated rings. The summed E-state index contributed by atoms with van der Waals surface area (Å²) < 4.78 is 1.71. The van der Waals surface area contributed by atoms with Crippen LogP contribution in [0.25, 0.3) is 0 Å². The van der Waals surface area contributed by atoms with Gasteiger partial charge in [-0.1, -0.05) is 12.1 Å². The zero-order chi connectivity index (χ0) is 17.6. The monoisotopic (exact) mass is 341 g/mol. The minimum absolute atomic E-state index is 0.0127. The molecule has 2 aromatic rings. The van der Waals surface area contributed by atoms with Gasteiger partial charge in [0.15, 0.2) is 0 Å². The Labute approximate surface area is 146 Å². The zero-order valence-electron chi connectivity index (χ0n) is 14.3. The number of benzene rings is 1. The summed E-state index contributed by atoms with van der Waals surface area (Å²) in [5.41, 5.74) is 1.81. The molecule has 0 aliphatic heterocycles. The maximum absolute atomic E-state index is 12.0. The Hall–Kier alpha value is -2.70. The van der Waals surface area contributed by atoms with Crippen molar-refractivity contribution in [3.63, 3.8) is 0 Å².